The van der Waals surface area contributed by atoms with Gasteiger partial charge in [0.25, 0.3) is 0 Å². The number of nitrogens with one attached hydrogen (secondary N) is 1. The summed E-state index contributed by atoms with van der Waals surface area (Å²) in [6, 6.07) is 0. The van der Waals surface area contributed by atoms with E-state index in [1.807, 2.05) is 0 Å². The van der Waals surface area contributed by atoms with E-state index in [0.29, 0.717) is 29.5 Å². The molecule has 5 fully saturated rings. The number of aliphatic hydroxyl groups excluding tert-OH is 1. The zero-order valence-corrected chi connectivity index (χ0v) is 19.0. The first-order valence-electron chi connectivity index (χ1n) is 12.5. The lowest BCUT2D eigenvalue weighted by atomic mass is 9.43. The third-order valence-electron chi connectivity index (χ3n) is 10.2. The van der Waals surface area contributed by atoms with Crippen LogP contribution in [0.5, 0.6) is 0 Å². The monoisotopic (exact) mass is 416 g/mol. The summed E-state index contributed by atoms with van der Waals surface area (Å²) in [5.74, 6) is 2.67. The highest BCUT2D eigenvalue weighted by molar-refractivity contribution is 5.88. The van der Waals surface area contributed by atoms with Gasteiger partial charge in [0, 0.05) is 30.7 Å². The Balaban J connectivity index is 1.41. The zero-order valence-electron chi connectivity index (χ0n) is 19.0. The van der Waals surface area contributed by atoms with E-state index in [-0.39, 0.29) is 29.0 Å². The molecule has 2 N–H and O–H groups in total. The second kappa shape index (κ2) is 7.58. The summed E-state index contributed by atoms with van der Waals surface area (Å²) >= 11 is 0. The van der Waals surface area contributed by atoms with Crippen LogP contribution in [0.3, 0.4) is 0 Å². The molecule has 168 valence electrons. The maximum Gasteiger partial charge on any atom is 0.141 e. The van der Waals surface area contributed by atoms with Crippen LogP contribution >= 0.6 is 0 Å². The normalized spacial score (nSPS) is 52.1. The van der Waals surface area contributed by atoms with Gasteiger partial charge in [0.15, 0.2) is 0 Å². The maximum atomic E-state index is 12.7. The second-order valence-corrected chi connectivity index (χ2v) is 11.4. The Bertz CT molecular complexity index is 717. The Labute approximate surface area is 181 Å². The fraction of sp³-hybridized carbons (Fsp3) is 0.920. The number of carbonyl (C=O) groups is 1. The van der Waals surface area contributed by atoms with E-state index in [1.54, 1.807) is 0 Å². The predicted molar refractivity (Wildman–Crippen MR) is 117 cm³/mol. The molecule has 0 aromatic rings. The minimum atomic E-state index is -0.294. The van der Waals surface area contributed by atoms with Crippen LogP contribution < -0.4 is 5.32 Å². The number of nitrogens with zero attached hydrogens (tertiary/aromatic N) is 1. The van der Waals surface area contributed by atoms with Gasteiger partial charge in [0.05, 0.1) is 11.8 Å². The molecule has 0 radical (unpaired) electrons. The van der Waals surface area contributed by atoms with Crippen LogP contribution in [-0.4, -0.2) is 41.9 Å². The van der Waals surface area contributed by atoms with Crippen molar-refractivity contribution in [1.29, 1.82) is 0 Å². The average Bonchev–Trinajstić information content (AvgIpc) is 3.34. The van der Waals surface area contributed by atoms with Crippen LogP contribution in [0.2, 0.25) is 0 Å². The number of hydrogen-bond acceptors (Lipinski definition) is 5. The quantitative estimate of drug-likeness (QED) is 0.684. The lowest BCUT2D eigenvalue weighted by Gasteiger charge is -2.62. The Morgan fingerprint density at radius 1 is 1.17 bits per heavy atom. The van der Waals surface area contributed by atoms with E-state index in [9.17, 15) is 9.90 Å². The molecular formula is C25H40N2O3. The Morgan fingerprint density at radius 2 is 2.00 bits per heavy atom. The van der Waals surface area contributed by atoms with Crippen molar-refractivity contribution in [2.75, 3.05) is 13.1 Å². The van der Waals surface area contributed by atoms with Crippen molar-refractivity contribution in [3.8, 4) is 0 Å². The van der Waals surface area contributed by atoms with Crippen molar-refractivity contribution in [3.05, 3.63) is 0 Å². The summed E-state index contributed by atoms with van der Waals surface area (Å²) in [6.45, 7) is 8.82. The van der Waals surface area contributed by atoms with Gasteiger partial charge in [-0.2, -0.15) is 0 Å². The van der Waals surface area contributed by atoms with Crippen LogP contribution in [-0.2, 0) is 9.63 Å². The van der Waals surface area contributed by atoms with Gasteiger partial charge in [-0.3, -0.25) is 4.79 Å². The molecule has 0 aromatic heterocycles. The molecule has 1 heterocycles. The molecular weight excluding hydrogens is 376 g/mol. The van der Waals surface area contributed by atoms with E-state index in [2.05, 4.69) is 31.2 Å². The molecule has 30 heavy (non-hydrogen) atoms. The van der Waals surface area contributed by atoms with Gasteiger partial charge < -0.3 is 15.3 Å². The summed E-state index contributed by atoms with van der Waals surface area (Å²) in [7, 11) is 0. The highest BCUT2D eigenvalue weighted by Gasteiger charge is 2.63. The molecule has 0 bridgehead atoms. The first-order chi connectivity index (χ1) is 14.4. The highest BCUT2D eigenvalue weighted by Crippen LogP contribution is 2.66. The molecule has 9 atom stereocenters. The number of carbonyl (C=O) groups excluding carboxylic acids is 1. The van der Waals surface area contributed by atoms with Crippen LogP contribution in [0.1, 0.15) is 78.6 Å². The Morgan fingerprint density at radius 3 is 2.73 bits per heavy atom. The van der Waals surface area contributed by atoms with Gasteiger partial charge in [0.2, 0.25) is 0 Å². The van der Waals surface area contributed by atoms with Crippen molar-refractivity contribution in [2.45, 2.75) is 90.8 Å². The van der Waals surface area contributed by atoms with Gasteiger partial charge in [0.1, 0.15) is 11.9 Å². The van der Waals surface area contributed by atoms with Crippen molar-refractivity contribution in [2.24, 2.45) is 45.6 Å². The van der Waals surface area contributed by atoms with E-state index in [4.69, 9.17) is 4.84 Å². The van der Waals surface area contributed by atoms with Gasteiger partial charge in [-0.05, 0) is 80.6 Å². The molecule has 5 aliphatic rings. The second-order valence-electron chi connectivity index (χ2n) is 11.4. The number of oxime groups is 1. The number of aliphatic hydroxyl groups is 1. The number of rotatable bonds is 3. The molecule has 4 aliphatic carbocycles. The van der Waals surface area contributed by atoms with Crippen LogP contribution in [0.15, 0.2) is 5.16 Å². The average molecular weight is 417 g/mol. The standard InChI is InChI=1S/C25H40N2O3/c1-4-16-20(27-30-15-9-12-26-14-15)8-11-25(3)19-7-10-24(2)18(5-6-22(24)29)17(19)13-21(28)23(16)25/h15-19,21,23,26,28H,4-14H2,1-3H3/b27-20+/t15-,16-,17-,18-,19-,21-,23?,24-,25+/m0/s1. The number of hydrogen-bond donors (Lipinski definition) is 2. The van der Waals surface area contributed by atoms with Gasteiger partial charge >= 0.3 is 0 Å². The summed E-state index contributed by atoms with van der Waals surface area (Å²) in [5.41, 5.74) is 1.20. The lowest BCUT2D eigenvalue weighted by Crippen LogP contribution is -2.60. The summed E-state index contributed by atoms with van der Waals surface area (Å²) in [6.07, 6.45) is 8.88. The summed E-state index contributed by atoms with van der Waals surface area (Å²) in [5, 5.41) is 19.5. The number of Topliss-reactive ketones (excluding diaryl/α,β-unsaturated/α-hetero) is 1. The zero-order chi connectivity index (χ0) is 21.1. The molecule has 0 spiro atoms. The van der Waals surface area contributed by atoms with E-state index >= 15 is 0 Å². The number of fused-ring (bicyclic) bond motifs is 5. The Hall–Kier alpha value is -0.940. The fourth-order valence-corrected chi connectivity index (χ4v) is 8.65. The maximum absolute atomic E-state index is 12.7. The summed E-state index contributed by atoms with van der Waals surface area (Å²) in [4.78, 5) is 18.6. The number of ketones is 1. The molecule has 1 saturated heterocycles. The molecule has 5 nitrogen and oxygen atoms in total. The third-order valence-corrected chi connectivity index (χ3v) is 10.2. The molecule has 1 unspecified atom stereocenters. The topological polar surface area (TPSA) is 70.9 Å². The van der Waals surface area contributed by atoms with Crippen molar-refractivity contribution in [1.82, 2.24) is 5.32 Å². The minimum absolute atomic E-state index is 0.126. The Kier molecular flexibility index (Phi) is 5.29. The van der Waals surface area contributed by atoms with E-state index in [0.717, 1.165) is 70.9 Å². The molecule has 0 amide bonds. The van der Waals surface area contributed by atoms with Crippen LogP contribution in [0.4, 0.5) is 0 Å². The molecule has 4 saturated carbocycles. The fourth-order valence-electron chi connectivity index (χ4n) is 8.65. The largest absolute Gasteiger partial charge is 0.393 e. The third kappa shape index (κ3) is 3.02. The molecule has 5 rings (SSSR count). The SMILES string of the molecule is CC[C@H]1/C(=N/O[C@H]2CCNC2)CC[C@@]2(C)C1[C@@H](O)C[C@@H]1[C@@H]2CC[C@]2(C)C(=O)CC[C@@H]12. The smallest absolute Gasteiger partial charge is 0.141 e. The highest BCUT2D eigenvalue weighted by atomic mass is 16.6. The van der Waals surface area contributed by atoms with Gasteiger partial charge in [-0.25, -0.2) is 0 Å². The van der Waals surface area contributed by atoms with Crippen LogP contribution in [0.25, 0.3) is 0 Å². The van der Waals surface area contributed by atoms with Crippen molar-refractivity contribution < 1.29 is 14.7 Å². The van der Waals surface area contributed by atoms with E-state index in [1.165, 1.54) is 5.71 Å². The molecule has 5 heteroatoms. The predicted octanol–water partition coefficient (Wildman–Crippen LogP) is 3.94. The van der Waals surface area contributed by atoms with E-state index < -0.39 is 0 Å². The van der Waals surface area contributed by atoms with Gasteiger partial charge in [-0.1, -0.05) is 25.9 Å². The van der Waals surface area contributed by atoms with Crippen molar-refractivity contribution >= 4 is 11.5 Å². The first kappa shape index (κ1) is 20.9. The molecule has 0 aromatic carbocycles. The van der Waals surface area contributed by atoms with Crippen molar-refractivity contribution in [3.63, 3.8) is 0 Å². The summed E-state index contributed by atoms with van der Waals surface area (Å²) < 4.78 is 0. The lowest BCUT2D eigenvalue weighted by molar-refractivity contribution is -0.161. The first-order valence-corrected chi connectivity index (χ1v) is 12.5. The molecule has 1 aliphatic heterocycles. The van der Waals surface area contributed by atoms with Crippen LogP contribution in [0, 0.1) is 40.4 Å². The minimum Gasteiger partial charge on any atom is -0.393 e. The van der Waals surface area contributed by atoms with Gasteiger partial charge in [-0.15, -0.1) is 0 Å².